The summed E-state index contributed by atoms with van der Waals surface area (Å²) in [5, 5.41) is 19.5. The van der Waals surface area contributed by atoms with Crippen LogP contribution in [0.4, 0.5) is 11.5 Å². The summed E-state index contributed by atoms with van der Waals surface area (Å²) in [6.07, 6.45) is 4.36. The Morgan fingerprint density at radius 2 is 2.14 bits per heavy atom. The Morgan fingerprint density at radius 3 is 2.86 bits per heavy atom. The Hall–Kier alpha value is -1.63. The molecule has 116 valence electrons. The lowest BCUT2D eigenvalue weighted by Crippen LogP contribution is -2.36. The number of aromatic nitrogens is 2. The summed E-state index contributed by atoms with van der Waals surface area (Å²) in [7, 11) is 0. The van der Waals surface area contributed by atoms with Crippen LogP contribution in [0.1, 0.15) is 38.3 Å². The first-order valence-electron chi connectivity index (χ1n) is 7.83. The maximum absolute atomic E-state index is 11.5. The van der Waals surface area contributed by atoms with Gasteiger partial charge in [-0.2, -0.15) is 5.10 Å². The molecular weight excluding hydrogens is 270 g/mol. The zero-order valence-electron chi connectivity index (χ0n) is 12.7. The Balaban J connectivity index is 1.97. The second-order valence-electron chi connectivity index (χ2n) is 6.11. The molecule has 2 saturated heterocycles. The number of anilines is 1. The van der Waals surface area contributed by atoms with Crippen molar-refractivity contribution < 1.29 is 4.92 Å². The first kappa shape index (κ1) is 14.3. The smallest absolute Gasteiger partial charge is 0.333 e. The minimum atomic E-state index is -0.277. The van der Waals surface area contributed by atoms with Crippen molar-refractivity contribution in [3.63, 3.8) is 0 Å². The van der Waals surface area contributed by atoms with E-state index >= 15 is 0 Å². The number of rotatable bonds is 4. The van der Waals surface area contributed by atoms with Gasteiger partial charge in [0.05, 0.1) is 4.92 Å². The van der Waals surface area contributed by atoms with E-state index < -0.39 is 0 Å². The van der Waals surface area contributed by atoms with E-state index in [1.807, 2.05) is 4.68 Å². The summed E-state index contributed by atoms with van der Waals surface area (Å²) < 4.78 is 1.83. The third-order valence-corrected chi connectivity index (χ3v) is 4.51. The molecule has 0 aliphatic carbocycles. The highest BCUT2D eigenvalue weighted by molar-refractivity contribution is 5.61. The van der Waals surface area contributed by atoms with Gasteiger partial charge < -0.3 is 10.2 Å². The first-order chi connectivity index (χ1) is 10.1. The van der Waals surface area contributed by atoms with Crippen LogP contribution in [0, 0.1) is 17.0 Å². The summed E-state index contributed by atoms with van der Waals surface area (Å²) in [5.41, 5.74) is 0.701. The van der Waals surface area contributed by atoms with Crippen molar-refractivity contribution in [1.29, 1.82) is 0 Å². The van der Waals surface area contributed by atoms with E-state index in [1.165, 1.54) is 6.42 Å². The van der Waals surface area contributed by atoms with Gasteiger partial charge in [0.2, 0.25) is 5.82 Å². The highest BCUT2D eigenvalue weighted by Crippen LogP contribution is 2.34. The van der Waals surface area contributed by atoms with Crippen LogP contribution in [0.3, 0.4) is 0 Å². The summed E-state index contributed by atoms with van der Waals surface area (Å²) in [6.45, 7) is 6.23. The number of nitro groups is 1. The molecule has 7 heteroatoms. The lowest BCUT2D eigenvalue weighted by Gasteiger charge is -2.26. The van der Waals surface area contributed by atoms with Gasteiger partial charge in [-0.15, -0.1) is 0 Å². The fourth-order valence-corrected chi connectivity index (χ4v) is 3.59. The molecule has 1 aromatic rings. The van der Waals surface area contributed by atoms with Crippen LogP contribution in [0.15, 0.2) is 0 Å². The van der Waals surface area contributed by atoms with Gasteiger partial charge >= 0.3 is 5.69 Å². The van der Waals surface area contributed by atoms with Crippen LogP contribution in [0.5, 0.6) is 0 Å². The van der Waals surface area contributed by atoms with Crippen LogP contribution in [-0.4, -0.2) is 39.9 Å². The monoisotopic (exact) mass is 293 g/mol. The summed E-state index contributed by atoms with van der Waals surface area (Å²) in [4.78, 5) is 13.4. The molecular formula is C14H23N5O2. The van der Waals surface area contributed by atoms with Gasteiger partial charge in [-0.1, -0.05) is 6.92 Å². The van der Waals surface area contributed by atoms with Gasteiger partial charge in [-0.25, -0.2) is 4.68 Å². The minimum absolute atomic E-state index is 0.182. The molecule has 1 N–H and O–H groups in total. The Morgan fingerprint density at radius 1 is 1.38 bits per heavy atom. The van der Waals surface area contributed by atoms with Gasteiger partial charge in [-0.05, 0) is 32.6 Å². The maximum Gasteiger partial charge on any atom is 0.333 e. The molecule has 0 radical (unpaired) electrons. The average molecular weight is 293 g/mol. The molecule has 0 amide bonds. The van der Waals surface area contributed by atoms with E-state index in [1.54, 1.807) is 6.92 Å². The fraction of sp³-hybridized carbons (Fsp3) is 0.786. The highest BCUT2D eigenvalue weighted by atomic mass is 16.6. The Kier molecular flexibility index (Phi) is 3.84. The van der Waals surface area contributed by atoms with Crippen molar-refractivity contribution >= 4 is 11.5 Å². The van der Waals surface area contributed by atoms with Crippen LogP contribution < -0.4 is 10.2 Å². The molecule has 3 rings (SSSR count). The number of nitrogens with zero attached hydrogens (tertiary/aromatic N) is 4. The SMILES string of the molecule is CCCn1nc(C)c([N+](=O)[O-])c1N1CCC2CCC(C1)N2. The largest absolute Gasteiger partial charge is 0.349 e. The summed E-state index contributed by atoms with van der Waals surface area (Å²) >= 11 is 0. The molecule has 3 heterocycles. The third-order valence-electron chi connectivity index (χ3n) is 4.51. The Bertz CT molecular complexity index is 542. The summed E-state index contributed by atoms with van der Waals surface area (Å²) in [5.74, 6) is 0.703. The van der Waals surface area contributed by atoms with Gasteiger partial charge in [0.25, 0.3) is 0 Å². The molecule has 0 spiro atoms. The molecule has 7 nitrogen and oxygen atoms in total. The van der Waals surface area contributed by atoms with Crippen molar-refractivity contribution in [2.24, 2.45) is 0 Å². The molecule has 2 fully saturated rings. The van der Waals surface area contributed by atoms with Gasteiger partial charge in [0, 0.05) is 31.7 Å². The van der Waals surface area contributed by atoms with Crippen molar-refractivity contribution in [2.75, 3.05) is 18.0 Å². The highest BCUT2D eigenvalue weighted by Gasteiger charge is 2.35. The fourth-order valence-electron chi connectivity index (χ4n) is 3.59. The molecule has 0 aromatic carbocycles. The van der Waals surface area contributed by atoms with Crippen LogP contribution in [0.2, 0.25) is 0 Å². The zero-order chi connectivity index (χ0) is 15.0. The molecule has 2 aliphatic rings. The number of hydrogen-bond acceptors (Lipinski definition) is 5. The molecule has 1 aromatic heterocycles. The van der Waals surface area contributed by atoms with Crippen LogP contribution >= 0.6 is 0 Å². The van der Waals surface area contributed by atoms with E-state index in [-0.39, 0.29) is 10.6 Å². The lowest BCUT2D eigenvalue weighted by molar-refractivity contribution is -0.384. The molecule has 2 bridgehead atoms. The van der Waals surface area contributed by atoms with Crippen molar-refractivity contribution in [1.82, 2.24) is 15.1 Å². The van der Waals surface area contributed by atoms with E-state index in [0.717, 1.165) is 38.9 Å². The predicted molar refractivity (Wildman–Crippen MR) is 80.7 cm³/mol. The third kappa shape index (κ3) is 2.62. The van der Waals surface area contributed by atoms with Crippen molar-refractivity contribution in [3.05, 3.63) is 15.8 Å². The topological polar surface area (TPSA) is 76.2 Å². The quantitative estimate of drug-likeness (QED) is 0.677. The molecule has 21 heavy (non-hydrogen) atoms. The van der Waals surface area contributed by atoms with E-state index in [9.17, 15) is 10.1 Å². The van der Waals surface area contributed by atoms with Crippen molar-refractivity contribution in [2.45, 2.75) is 58.2 Å². The molecule has 0 saturated carbocycles. The minimum Gasteiger partial charge on any atom is -0.349 e. The molecule has 2 unspecified atom stereocenters. The van der Waals surface area contributed by atoms with Crippen LogP contribution in [-0.2, 0) is 6.54 Å². The zero-order valence-corrected chi connectivity index (χ0v) is 12.7. The normalized spacial score (nSPS) is 25.1. The number of nitrogens with one attached hydrogen (secondary N) is 1. The second kappa shape index (κ2) is 5.63. The first-order valence-corrected chi connectivity index (χ1v) is 7.83. The van der Waals surface area contributed by atoms with Gasteiger partial charge in [0.15, 0.2) is 0 Å². The standard InChI is InChI=1S/C14H23N5O2/c1-3-7-18-14(13(19(20)21)10(2)16-18)17-8-6-11-4-5-12(9-17)15-11/h11-12,15H,3-9H2,1-2H3. The average Bonchev–Trinajstić information content (AvgIpc) is 2.91. The van der Waals surface area contributed by atoms with E-state index in [4.69, 9.17) is 0 Å². The Labute approximate surface area is 124 Å². The maximum atomic E-state index is 11.5. The molecule has 2 atom stereocenters. The number of hydrogen-bond donors (Lipinski definition) is 1. The lowest BCUT2D eigenvalue weighted by atomic mass is 10.1. The number of aryl methyl sites for hydroxylation is 2. The van der Waals surface area contributed by atoms with E-state index in [0.29, 0.717) is 23.6 Å². The molecule has 2 aliphatic heterocycles. The van der Waals surface area contributed by atoms with E-state index in [2.05, 4.69) is 22.2 Å². The van der Waals surface area contributed by atoms with Gasteiger partial charge in [-0.3, -0.25) is 10.1 Å². The van der Waals surface area contributed by atoms with Crippen molar-refractivity contribution in [3.8, 4) is 0 Å². The number of fused-ring (bicyclic) bond motifs is 2. The predicted octanol–water partition coefficient (Wildman–Crippen LogP) is 1.84. The summed E-state index contributed by atoms with van der Waals surface area (Å²) in [6, 6.07) is 1.02. The van der Waals surface area contributed by atoms with Crippen LogP contribution in [0.25, 0.3) is 0 Å². The second-order valence-corrected chi connectivity index (χ2v) is 6.11. The van der Waals surface area contributed by atoms with Gasteiger partial charge in [0.1, 0.15) is 5.69 Å².